The van der Waals surface area contributed by atoms with E-state index in [1.807, 2.05) is 0 Å². The molecule has 0 atom stereocenters. The van der Waals surface area contributed by atoms with Crippen LogP contribution in [-0.2, 0) is 0 Å². The quantitative estimate of drug-likeness (QED) is 0.680. The molecule has 1 rings (SSSR count). The van der Waals surface area contributed by atoms with Crippen LogP contribution < -0.4 is 4.74 Å². The molecule has 0 aromatic heterocycles. The van der Waals surface area contributed by atoms with Gasteiger partial charge in [0.25, 0.3) is 0 Å². The first-order valence-corrected chi connectivity index (χ1v) is 4.22. The highest BCUT2D eigenvalue weighted by Gasteiger charge is 2.05. The lowest BCUT2D eigenvalue weighted by Crippen LogP contribution is -1.95. The molecule has 1 aromatic rings. The van der Waals surface area contributed by atoms with E-state index in [0.29, 0.717) is 22.9 Å². The first kappa shape index (κ1) is 10.1. The minimum atomic E-state index is -0.316. The van der Waals surface area contributed by atoms with Crippen LogP contribution in [0, 0.1) is 12.7 Å². The average Bonchev–Trinajstić information content (AvgIpc) is 2.09. The SMILES string of the molecule is C=CCOc1cc(F)c(C)cc1Cl. The molecule has 0 saturated carbocycles. The summed E-state index contributed by atoms with van der Waals surface area (Å²) in [6, 6.07) is 2.82. The van der Waals surface area contributed by atoms with E-state index in [-0.39, 0.29) is 5.82 Å². The standard InChI is InChI=1S/C10H10ClFO/c1-3-4-13-10-6-9(12)7(2)5-8(10)11/h3,5-6H,1,4H2,2H3. The molecule has 0 N–H and O–H groups in total. The van der Waals surface area contributed by atoms with Gasteiger partial charge in [-0.2, -0.15) is 0 Å². The highest BCUT2D eigenvalue weighted by molar-refractivity contribution is 6.32. The van der Waals surface area contributed by atoms with Gasteiger partial charge in [-0.15, -0.1) is 0 Å². The summed E-state index contributed by atoms with van der Waals surface area (Å²) < 4.78 is 18.2. The second-order valence-electron chi connectivity index (χ2n) is 2.63. The van der Waals surface area contributed by atoms with Crippen LogP contribution in [0.5, 0.6) is 5.75 Å². The van der Waals surface area contributed by atoms with Gasteiger partial charge >= 0.3 is 0 Å². The van der Waals surface area contributed by atoms with Gasteiger partial charge < -0.3 is 4.74 Å². The number of benzene rings is 1. The third-order valence-corrected chi connectivity index (χ3v) is 1.87. The van der Waals surface area contributed by atoms with Crippen LogP contribution in [0.25, 0.3) is 0 Å². The van der Waals surface area contributed by atoms with Crippen molar-refractivity contribution in [3.8, 4) is 5.75 Å². The molecule has 0 bridgehead atoms. The van der Waals surface area contributed by atoms with Gasteiger partial charge in [-0.1, -0.05) is 24.3 Å². The zero-order chi connectivity index (χ0) is 9.84. The van der Waals surface area contributed by atoms with Gasteiger partial charge in [0.2, 0.25) is 0 Å². The third-order valence-electron chi connectivity index (χ3n) is 1.57. The first-order valence-electron chi connectivity index (χ1n) is 3.84. The van der Waals surface area contributed by atoms with Crippen molar-refractivity contribution in [2.24, 2.45) is 0 Å². The Morgan fingerprint density at radius 1 is 1.62 bits per heavy atom. The predicted octanol–water partition coefficient (Wildman–Crippen LogP) is 3.35. The Morgan fingerprint density at radius 3 is 2.92 bits per heavy atom. The zero-order valence-electron chi connectivity index (χ0n) is 7.31. The summed E-state index contributed by atoms with van der Waals surface area (Å²) in [5.41, 5.74) is 0.510. The molecule has 0 heterocycles. The second-order valence-corrected chi connectivity index (χ2v) is 3.04. The average molecular weight is 201 g/mol. The van der Waals surface area contributed by atoms with Gasteiger partial charge in [0.15, 0.2) is 0 Å². The number of halogens is 2. The number of rotatable bonds is 3. The molecule has 0 aliphatic carbocycles. The van der Waals surface area contributed by atoms with Crippen LogP contribution in [0.4, 0.5) is 4.39 Å². The van der Waals surface area contributed by atoms with Crippen LogP contribution >= 0.6 is 11.6 Å². The summed E-state index contributed by atoms with van der Waals surface area (Å²) in [7, 11) is 0. The molecule has 13 heavy (non-hydrogen) atoms. The van der Waals surface area contributed by atoms with Crippen molar-refractivity contribution in [3.63, 3.8) is 0 Å². The van der Waals surface area contributed by atoms with E-state index in [9.17, 15) is 4.39 Å². The molecule has 3 heteroatoms. The molecule has 0 aliphatic heterocycles. The fraction of sp³-hybridized carbons (Fsp3) is 0.200. The van der Waals surface area contributed by atoms with Gasteiger partial charge in [0.1, 0.15) is 18.2 Å². The maximum atomic E-state index is 13.0. The molecule has 0 radical (unpaired) electrons. The van der Waals surface area contributed by atoms with Gasteiger partial charge in [-0.25, -0.2) is 4.39 Å². The lowest BCUT2D eigenvalue weighted by atomic mass is 10.2. The Balaban J connectivity index is 2.94. The highest BCUT2D eigenvalue weighted by Crippen LogP contribution is 2.27. The molecule has 0 aliphatic rings. The molecule has 70 valence electrons. The fourth-order valence-corrected chi connectivity index (χ4v) is 1.16. The van der Waals surface area contributed by atoms with Crippen molar-refractivity contribution in [2.75, 3.05) is 6.61 Å². The normalized spacial score (nSPS) is 9.77. The largest absolute Gasteiger partial charge is 0.488 e. The zero-order valence-corrected chi connectivity index (χ0v) is 8.07. The van der Waals surface area contributed by atoms with Crippen LogP contribution in [0.3, 0.4) is 0 Å². The van der Waals surface area contributed by atoms with E-state index in [2.05, 4.69) is 6.58 Å². The monoisotopic (exact) mass is 200 g/mol. The van der Waals surface area contributed by atoms with Crippen molar-refractivity contribution >= 4 is 11.6 Å². The molecule has 1 nitrogen and oxygen atoms in total. The topological polar surface area (TPSA) is 9.23 Å². The highest BCUT2D eigenvalue weighted by atomic mass is 35.5. The minimum Gasteiger partial charge on any atom is -0.488 e. The van der Waals surface area contributed by atoms with E-state index >= 15 is 0 Å². The fourth-order valence-electron chi connectivity index (χ4n) is 0.887. The van der Waals surface area contributed by atoms with E-state index in [0.717, 1.165) is 0 Å². The lowest BCUT2D eigenvalue weighted by Gasteiger charge is -2.06. The third kappa shape index (κ3) is 2.46. The first-order chi connectivity index (χ1) is 6.15. The molecule has 1 aromatic carbocycles. The Hall–Kier alpha value is -1.02. The molecule has 0 unspecified atom stereocenters. The molecule has 0 fully saturated rings. The van der Waals surface area contributed by atoms with E-state index < -0.39 is 0 Å². The Bertz CT molecular complexity index is 323. The van der Waals surface area contributed by atoms with Crippen LogP contribution in [0.15, 0.2) is 24.8 Å². The number of hydrogen-bond acceptors (Lipinski definition) is 1. The van der Waals surface area contributed by atoms with Crippen LogP contribution in [0.2, 0.25) is 5.02 Å². The Kier molecular flexibility index (Phi) is 3.32. The van der Waals surface area contributed by atoms with Crippen LogP contribution in [-0.4, -0.2) is 6.61 Å². The molecule has 0 amide bonds. The van der Waals surface area contributed by atoms with Crippen molar-refractivity contribution in [1.82, 2.24) is 0 Å². The molecular weight excluding hydrogens is 191 g/mol. The van der Waals surface area contributed by atoms with Crippen molar-refractivity contribution in [1.29, 1.82) is 0 Å². The predicted molar refractivity (Wildman–Crippen MR) is 51.8 cm³/mol. The van der Waals surface area contributed by atoms with Gasteiger partial charge in [-0.05, 0) is 18.6 Å². The van der Waals surface area contributed by atoms with Crippen molar-refractivity contribution < 1.29 is 9.13 Å². The Labute approximate surface area is 81.8 Å². The molecule has 0 spiro atoms. The summed E-state index contributed by atoms with van der Waals surface area (Å²) in [5.74, 6) is 0.0353. The van der Waals surface area contributed by atoms with Gasteiger partial charge in [-0.3, -0.25) is 0 Å². The molecule has 0 saturated heterocycles. The second kappa shape index (κ2) is 4.28. The summed E-state index contributed by atoms with van der Waals surface area (Å²) in [6.07, 6.45) is 1.58. The number of aryl methyl sites for hydroxylation is 1. The van der Waals surface area contributed by atoms with Gasteiger partial charge in [0, 0.05) is 6.07 Å². The smallest absolute Gasteiger partial charge is 0.141 e. The number of hydrogen-bond donors (Lipinski definition) is 0. The summed E-state index contributed by atoms with van der Waals surface area (Å²) >= 11 is 5.81. The Morgan fingerprint density at radius 2 is 2.31 bits per heavy atom. The van der Waals surface area contributed by atoms with Crippen molar-refractivity contribution in [2.45, 2.75) is 6.92 Å². The molecular formula is C10H10ClFO. The minimum absolute atomic E-state index is 0.316. The van der Waals surface area contributed by atoms with E-state index in [4.69, 9.17) is 16.3 Å². The van der Waals surface area contributed by atoms with E-state index in [1.165, 1.54) is 12.1 Å². The lowest BCUT2D eigenvalue weighted by molar-refractivity contribution is 0.361. The van der Waals surface area contributed by atoms with E-state index in [1.54, 1.807) is 13.0 Å². The summed E-state index contributed by atoms with van der Waals surface area (Å²) in [6.45, 7) is 5.46. The maximum Gasteiger partial charge on any atom is 0.141 e. The van der Waals surface area contributed by atoms with Gasteiger partial charge in [0.05, 0.1) is 5.02 Å². The number of ether oxygens (including phenoxy) is 1. The summed E-state index contributed by atoms with van der Waals surface area (Å²) in [4.78, 5) is 0. The maximum absolute atomic E-state index is 13.0. The summed E-state index contributed by atoms with van der Waals surface area (Å²) in [5, 5.41) is 0.417. The van der Waals surface area contributed by atoms with Crippen molar-refractivity contribution in [3.05, 3.63) is 41.2 Å². The van der Waals surface area contributed by atoms with Crippen LogP contribution in [0.1, 0.15) is 5.56 Å².